The van der Waals surface area contributed by atoms with Gasteiger partial charge < -0.3 is 14.5 Å². The number of nitrogens with one attached hydrogen (secondary N) is 1. The summed E-state index contributed by atoms with van der Waals surface area (Å²) in [6, 6.07) is 11.2. The van der Waals surface area contributed by atoms with E-state index in [1.165, 1.54) is 37.6 Å². The number of benzene rings is 2. The number of fused-ring (bicyclic) bond motifs is 1. The highest BCUT2D eigenvalue weighted by molar-refractivity contribution is 6.19. The standard InChI is InChI=1S/C21H17FN2O3/c1-3-27-20-9-13(4-7-19(20)26-2)8-14(11-23)21(25)17-12-24-18-10-15(22)5-6-16(17)18/h4-10,12,24H,3H2,1-2H3. The summed E-state index contributed by atoms with van der Waals surface area (Å²) in [7, 11) is 1.54. The highest BCUT2D eigenvalue weighted by Gasteiger charge is 2.17. The van der Waals surface area contributed by atoms with Gasteiger partial charge in [-0.2, -0.15) is 5.26 Å². The molecule has 1 aromatic heterocycles. The van der Waals surface area contributed by atoms with E-state index in [9.17, 15) is 14.4 Å². The zero-order valence-electron chi connectivity index (χ0n) is 14.9. The number of hydrogen-bond acceptors (Lipinski definition) is 4. The van der Waals surface area contributed by atoms with Gasteiger partial charge in [-0.3, -0.25) is 4.79 Å². The number of nitriles is 1. The lowest BCUT2D eigenvalue weighted by Gasteiger charge is -2.09. The Bertz CT molecular complexity index is 1080. The van der Waals surface area contributed by atoms with Crippen molar-refractivity contribution < 1.29 is 18.7 Å². The van der Waals surface area contributed by atoms with Gasteiger partial charge in [0.25, 0.3) is 0 Å². The Hall–Kier alpha value is -3.59. The quantitative estimate of drug-likeness (QED) is 0.397. The van der Waals surface area contributed by atoms with E-state index in [2.05, 4.69) is 4.98 Å². The van der Waals surface area contributed by atoms with E-state index in [0.29, 0.717) is 40.1 Å². The number of hydrogen-bond donors (Lipinski definition) is 1. The lowest BCUT2D eigenvalue weighted by molar-refractivity contribution is 0.104. The molecule has 27 heavy (non-hydrogen) atoms. The molecular formula is C21H17FN2O3. The van der Waals surface area contributed by atoms with Crippen LogP contribution in [0.25, 0.3) is 17.0 Å². The summed E-state index contributed by atoms with van der Waals surface area (Å²) < 4.78 is 24.1. The monoisotopic (exact) mass is 364 g/mol. The van der Waals surface area contributed by atoms with Gasteiger partial charge in [0.1, 0.15) is 17.5 Å². The minimum atomic E-state index is -0.441. The van der Waals surface area contributed by atoms with Crippen molar-refractivity contribution in [1.29, 1.82) is 5.26 Å². The van der Waals surface area contributed by atoms with Crippen LogP contribution in [0.5, 0.6) is 11.5 Å². The molecule has 1 heterocycles. The van der Waals surface area contributed by atoms with Gasteiger partial charge in [-0.1, -0.05) is 6.07 Å². The predicted octanol–water partition coefficient (Wildman–Crippen LogP) is 4.50. The summed E-state index contributed by atoms with van der Waals surface area (Å²) in [5.74, 6) is 0.253. The molecule has 5 nitrogen and oxygen atoms in total. The maximum Gasteiger partial charge on any atom is 0.205 e. The maximum absolute atomic E-state index is 13.3. The molecule has 0 unspecified atom stereocenters. The molecule has 6 heteroatoms. The molecule has 136 valence electrons. The molecule has 1 N–H and O–H groups in total. The number of aromatic amines is 1. The molecule has 3 rings (SSSR count). The molecule has 0 fully saturated rings. The second kappa shape index (κ2) is 7.75. The molecule has 0 radical (unpaired) electrons. The summed E-state index contributed by atoms with van der Waals surface area (Å²) in [6.07, 6.45) is 2.98. The van der Waals surface area contributed by atoms with E-state index < -0.39 is 11.6 Å². The number of carbonyl (C=O) groups excluding carboxylic acids is 1. The lowest BCUT2D eigenvalue weighted by atomic mass is 10.0. The molecule has 0 bridgehead atoms. The molecule has 0 atom stereocenters. The molecule has 0 saturated carbocycles. The van der Waals surface area contributed by atoms with Crippen LogP contribution in [0.4, 0.5) is 4.39 Å². The Morgan fingerprint density at radius 3 is 2.78 bits per heavy atom. The SMILES string of the molecule is CCOc1cc(C=C(C#N)C(=O)c2c[nH]c3cc(F)ccc23)ccc1OC. The number of ether oxygens (including phenoxy) is 2. The Kier molecular flexibility index (Phi) is 5.23. The third-order valence-electron chi connectivity index (χ3n) is 4.05. The van der Waals surface area contributed by atoms with E-state index in [1.54, 1.807) is 18.2 Å². The van der Waals surface area contributed by atoms with Crippen molar-refractivity contribution in [3.8, 4) is 17.6 Å². The van der Waals surface area contributed by atoms with Crippen LogP contribution in [-0.2, 0) is 0 Å². The van der Waals surface area contributed by atoms with E-state index in [4.69, 9.17) is 9.47 Å². The minimum Gasteiger partial charge on any atom is -0.493 e. The fraction of sp³-hybridized carbons (Fsp3) is 0.143. The molecule has 0 spiro atoms. The number of nitrogens with zero attached hydrogens (tertiary/aromatic N) is 1. The Morgan fingerprint density at radius 1 is 1.26 bits per heavy atom. The summed E-state index contributed by atoms with van der Waals surface area (Å²) >= 11 is 0. The van der Waals surface area contributed by atoms with Crippen molar-refractivity contribution in [3.63, 3.8) is 0 Å². The second-order valence-corrected chi connectivity index (χ2v) is 5.73. The van der Waals surface area contributed by atoms with Crippen LogP contribution in [0.1, 0.15) is 22.8 Å². The number of carbonyl (C=O) groups is 1. The second-order valence-electron chi connectivity index (χ2n) is 5.73. The Balaban J connectivity index is 2.00. The predicted molar refractivity (Wildman–Crippen MR) is 100 cm³/mol. The average molecular weight is 364 g/mol. The molecule has 0 aliphatic heterocycles. The third-order valence-corrected chi connectivity index (χ3v) is 4.05. The smallest absolute Gasteiger partial charge is 0.205 e. The molecular weight excluding hydrogens is 347 g/mol. The van der Waals surface area contributed by atoms with Crippen molar-refractivity contribution >= 4 is 22.8 Å². The summed E-state index contributed by atoms with van der Waals surface area (Å²) in [5, 5.41) is 10.0. The highest BCUT2D eigenvalue weighted by atomic mass is 19.1. The van der Waals surface area contributed by atoms with Crippen molar-refractivity contribution in [3.05, 3.63) is 65.1 Å². The van der Waals surface area contributed by atoms with Crippen molar-refractivity contribution in [1.82, 2.24) is 4.98 Å². The third kappa shape index (κ3) is 3.67. The van der Waals surface area contributed by atoms with Crippen LogP contribution in [-0.4, -0.2) is 24.5 Å². The number of rotatable bonds is 6. The summed E-state index contributed by atoms with van der Waals surface area (Å²) in [5.41, 5.74) is 1.41. The van der Waals surface area contributed by atoms with Gasteiger partial charge in [-0.25, -0.2) is 4.39 Å². The number of allylic oxidation sites excluding steroid dienone is 1. The molecule has 0 aliphatic rings. The maximum atomic E-state index is 13.3. The first kappa shape index (κ1) is 18.2. The van der Waals surface area contributed by atoms with E-state index in [0.717, 1.165) is 0 Å². The zero-order valence-corrected chi connectivity index (χ0v) is 14.9. The Labute approximate surface area is 155 Å². The van der Waals surface area contributed by atoms with Crippen LogP contribution >= 0.6 is 0 Å². The van der Waals surface area contributed by atoms with Gasteiger partial charge in [-0.05, 0) is 48.9 Å². The number of methoxy groups -OCH3 is 1. The first-order valence-electron chi connectivity index (χ1n) is 8.31. The fourth-order valence-corrected chi connectivity index (χ4v) is 2.80. The van der Waals surface area contributed by atoms with Crippen molar-refractivity contribution in [2.24, 2.45) is 0 Å². The fourth-order valence-electron chi connectivity index (χ4n) is 2.80. The Morgan fingerprint density at radius 2 is 2.07 bits per heavy atom. The van der Waals surface area contributed by atoms with Crippen molar-refractivity contribution in [2.75, 3.05) is 13.7 Å². The number of H-pyrrole nitrogens is 1. The largest absolute Gasteiger partial charge is 0.493 e. The lowest BCUT2D eigenvalue weighted by Crippen LogP contribution is -2.01. The van der Waals surface area contributed by atoms with Gasteiger partial charge in [0, 0.05) is 22.7 Å². The average Bonchev–Trinajstić information content (AvgIpc) is 3.09. The number of aromatic nitrogens is 1. The summed E-state index contributed by atoms with van der Waals surface area (Å²) in [6.45, 7) is 2.31. The van der Waals surface area contributed by atoms with Gasteiger partial charge in [-0.15, -0.1) is 0 Å². The minimum absolute atomic E-state index is 0.0344. The van der Waals surface area contributed by atoms with Crippen LogP contribution in [0.3, 0.4) is 0 Å². The van der Waals surface area contributed by atoms with Crippen LogP contribution in [0.2, 0.25) is 0 Å². The number of halogens is 1. The molecule has 0 saturated heterocycles. The van der Waals surface area contributed by atoms with Gasteiger partial charge in [0.2, 0.25) is 5.78 Å². The molecule has 3 aromatic rings. The van der Waals surface area contributed by atoms with Gasteiger partial charge >= 0.3 is 0 Å². The number of Topliss-reactive ketones (excluding diaryl/α,β-unsaturated/α-hetero) is 1. The van der Waals surface area contributed by atoms with Crippen molar-refractivity contribution in [2.45, 2.75) is 6.92 Å². The van der Waals surface area contributed by atoms with Gasteiger partial charge in [0.05, 0.1) is 13.7 Å². The number of ketones is 1. The summed E-state index contributed by atoms with van der Waals surface area (Å²) in [4.78, 5) is 15.7. The first-order chi connectivity index (χ1) is 13.1. The molecule has 2 aromatic carbocycles. The van der Waals surface area contributed by atoms with Crippen LogP contribution in [0.15, 0.2) is 48.2 Å². The topological polar surface area (TPSA) is 75.1 Å². The highest BCUT2D eigenvalue weighted by Crippen LogP contribution is 2.29. The molecule has 0 aliphatic carbocycles. The van der Waals surface area contributed by atoms with Gasteiger partial charge in [0.15, 0.2) is 11.5 Å². The zero-order chi connectivity index (χ0) is 19.4. The normalized spacial score (nSPS) is 11.3. The van der Waals surface area contributed by atoms with Crippen LogP contribution < -0.4 is 9.47 Å². The first-order valence-corrected chi connectivity index (χ1v) is 8.31. The van der Waals surface area contributed by atoms with E-state index in [1.807, 2.05) is 13.0 Å². The molecule has 0 amide bonds. The van der Waals surface area contributed by atoms with E-state index in [-0.39, 0.29) is 5.57 Å². The van der Waals surface area contributed by atoms with E-state index >= 15 is 0 Å². The van der Waals surface area contributed by atoms with Crippen LogP contribution in [0, 0.1) is 17.1 Å².